The summed E-state index contributed by atoms with van der Waals surface area (Å²) in [5.74, 6) is 2.22. The van der Waals surface area contributed by atoms with Gasteiger partial charge in [-0.3, -0.25) is 0 Å². The molecule has 0 atom stereocenters. The molecule has 0 fully saturated rings. The van der Waals surface area contributed by atoms with E-state index in [1.54, 1.807) is 25.5 Å². The van der Waals surface area contributed by atoms with Crippen LogP contribution in [0.25, 0.3) is 22.6 Å². The van der Waals surface area contributed by atoms with E-state index in [-0.39, 0.29) is 0 Å². The summed E-state index contributed by atoms with van der Waals surface area (Å²) in [6.45, 7) is 0. The van der Waals surface area contributed by atoms with Gasteiger partial charge >= 0.3 is 0 Å². The van der Waals surface area contributed by atoms with Gasteiger partial charge in [0.1, 0.15) is 5.75 Å². The molecular weight excluding hydrogens is 244 g/mol. The van der Waals surface area contributed by atoms with Crippen molar-refractivity contribution in [1.29, 1.82) is 0 Å². The van der Waals surface area contributed by atoms with Crippen LogP contribution in [0.2, 0.25) is 0 Å². The first kappa shape index (κ1) is 11.4. The molecule has 0 radical (unpaired) electrons. The quantitative estimate of drug-likeness (QED) is 0.778. The SMILES string of the molecule is COc1ccc(-c2c(N)noc2-c2ccco2)cc1. The molecule has 1 aromatic carbocycles. The van der Waals surface area contributed by atoms with Gasteiger partial charge in [0.25, 0.3) is 0 Å². The molecule has 0 aliphatic heterocycles. The Labute approximate surface area is 109 Å². The Balaban J connectivity index is 2.11. The Hall–Kier alpha value is -2.69. The Morgan fingerprint density at radius 3 is 2.58 bits per heavy atom. The number of nitrogens with zero attached hydrogens (tertiary/aromatic N) is 1. The maximum absolute atomic E-state index is 5.87. The highest BCUT2D eigenvalue weighted by Crippen LogP contribution is 2.37. The lowest BCUT2D eigenvalue weighted by molar-refractivity contribution is 0.415. The van der Waals surface area contributed by atoms with Gasteiger partial charge in [-0.15, -0.1) is 0 Å². The molecular formula is C14H12N2O3. The highest BCUT2D eigenvalue weighted by Gasteiger charge is 2.19. The van der Waals surface area contributed by atoms with Gasteiger partial charge < -0.3 is 19.4 Å². The molecule has 3 aromatic rings. The van der Waals surface area contributed by atoms with Crippen molar-refractivity contribution in [1.82, 2.24) is 5.16 Å². The molecule has 0 amide bonds. The van der Waals surface area contributed by atoms with Crippen molar-refractivity contribution in [2.45, 2.75) is 0 Å². The van der Waals surface area contributed by atoms with Gasteiger partial charge in [0.05, 0.1) is 18.9 Å². The van der Waals surface area contributed by atoms with E-state index < -0.39 is 0 Å². The molecule has 0 aliphatic carbocycles. The van der Waals surface area contributed by atoms with Crippen LogP contribution in [-0.2, 0) is 0 Å². The lowest BCUT2D eigenvalue weighted by Crippen LogP contribution is -1.89. The number of methoxy groups -OCH3 is 1. The molecule has 2 aromatic heterocycles. The molecule has 0 saturated carbocycles. The number of hydrogen-bond donors (Lipinski definition) is 1. The van der Waals surface area contributed by atoms with Crippen LogP contribution in [0.4, 0.5) is 5.82 Å². The first-order valence-corrected chi connectivity index (χ1v) is 5.73. The standard InChI is InChI=1S/C14H12N2O3/c1-17-10-6-4-9(5-7-10)12-13(19-16-14(12)15)11-3-2-8-18-11/h2-8H,1H3,(H2,15,16). The fourth-order valence-electron chi connectivity index (χ4n) is 1.92. The second kappa shape index (κ2) is 4.53. The summed E-state index contributed by atoms with van der Waals surface area (Å²) in [4.78, 5) is 0. The number of hydrogen-bond acceptors (Lipinski definition) is 5. The highest BCUT2D eigenvalue weighted by atomic mass is 16.5. The maximum Gasteiger partial charge on any atom is 0.212 e. The fraction of sp³-hybridized carbons (Fsp3) is 0.0714. The largest absolute Gasteiger partial charge is 0.497 e. The molecule has 2 N–H and O–H groups in total. The minimum Gasteiger partial charge on any atom is -0.497 e. The van der Waals surface area contributed by atoms with E-state index in [0.29, 0.717) is 17.3 Å². The Morgan fingerprint density at radius 2 is 1.95 bits per heavy atom. The molecule has 3 rings (SSSR count). The zero-order valence-electron chi connectivity index (χ0n) is 10.3. The number of aromatic nitrogens is 1. The molecule has 0 spiro atoms. The van der Waals surface area contributed by atoms with Crippen LogP contribution in [0.15, 0.2) is 51.6 Å². The summed E-state index contributed by atoms with van der Waals surface area (Å²) in [6.07, 6.45) is 1.58. The first-order valence-electron chi connectivity index (χ1n) is 5.73. The van der Waals surface area contributed by atoms with Gasteiger partial charge in [0.2, 0.25) is 5.76 Å². The zero-order chi connectivity index (χ0) is 13.2. The normalized spacial score (nSPS) is 10.6. The molecule has 0 bridgehead atoms. The second-order valence-corrected chi connectivity index (χ2v) is 3.98. The molecule has 0 aliphatic rings. The number of nitrogens with two attached hydrogens (primary N) is 1. The van der Waals surface area contributed by atoms with Crippen LogP contribution in [-0.4, -0.2) is 12.3 Å². The third-order valence-corrected chi connectivity index (χ3v) is 2.84. The molecule has 0 saturated heterocycles. The van der Waals surface area contributed by atoms with Crippen molar-refractivity contribution in [2.24, 2.45) is 0 Å². The molecule has 2 heterocycles. The number of furan rings is 1. The van der Waals surface area contributed by atoms with E-state index in [2.05, 4.69) is 5.16 Å². The van der Waals surface area contributed by atoms with Crippen molar-refractivity contribution in [3.8, 4) is 28.4 Å². The monoisotopic (exact) mass is 256 g/mol. The van der Waals surface area contributed by atoms with Crippen molar-refractivity contribution in [2.75, 3.05) is 12.8 Å². The summed E-state index contributed by atoms with van der Waals surface area (Å²) in [5, 5.41) is 3.80. The van der Waals surface area contributed by atoms with E-state index in [9.17, 15) is 0 Å². The van der Waals surface area contributed by atoms with Gasteiger partial charge in [-0.2, -0.15) is 0 Å². The van der Waals surface area contributed by atoms with Crippen molar-refractivity contribution >= 4 is 5.82 Å². The fourth-order valence-corrected chi connectivity index (χ4v) is 1.92. The van der Waals surface area contributed by atoms with E-state index in [1.165, 1.54) is 0 Å². The number of nitrogen functional groups attached to an aromatic ring is 1. The smallest absolute Gasteiger partial charge is 0.212 e. The Bertz CT molecular complexity index is 669. The summed E-state index contributed by atoms with van der Waals surface area (Å²) in [7, 11) is 1.62. The Morgan fingerprint density at radius 1 is 1.16 bits per heavy atom. The average molecular weight is 256 g/mol. The maximum atomic E-state index is 5.87. The Kier molecular flexibility index (Phi) is 2.72. The molecule has 5 heteroatoms. The molecule has 5 nitrogen and oxygen atoms in total. The van der Waals surface area contributed by atoms with Crippen LogP contribution < -0.4 is 10.5 Å². The van der Waals surface area contributed by atoms with Crippen molar-refractivity contribution in [3.05, 3.63) is 42.7 Å². The number of rotatable bonds is 3. The third-order valence-electron chi connectivity index (χ3n) is 2.84. The van der Waals surface area contributed by atoms with E-state index >= 15 is 0 Å². The van der Waals surface area contributed by atoms with Gasteiger partial charge in [0.15, 0.2) is 11.6 Å². The van der Waals surface area contributed by atoms with E-state index in [0.717, 1.165) is 16.9 Å². The third kappa shape index (κ3) is 1.95. The van der Waals surface area contributed by atoms with Crippen LogP contribution >= 0.6 is 0 Å². The van der Waals surface area contributed by atoms with Gasteiger partial charge in [0, 0.05) is 0 Å². The zero-order valence-corrected chi connectivity index (χ0v) is 10.3. The lowest BCUT2D eigenvalue weighted by atomic mass is 10.0. The number of anilines is 1. The van der Waals surface area contributed by atoms with Gasteiger partial charge in [-0.05, 0) is 29.8 Å². The van der Waals surface area contributed by atoms with E-state index in [4.69, 9.17) is 19.4 Å². The van der Waals surface area contributed by atoms with Gasteiger partial charge in [-0.1, -0.05) is 17.3 Å². The molecule has 0 unspecified atom stereocenters. The number of ether oxygens (including phenoxy) is 1. The summed E-state index contributed by atoms with van der Waals surface area (Å²) in [6, 6.07) is 11.1. The topological polar surface area (TPSA) is 74.4 Å². The first-order chi connectivity index (χ1) is 9.29. The van der Waals surface area contributed by atoms with Crippen LogP contribution in [0.5, 0.6) is 5.75 Å². The minimum atomic E-state index is 0.330. The van der Waals surface area contributed by atoms with Crippen LogP contribution in [0.3, 0.4) is 0 Å². The highest BCUT2D eigenvalue weighted by molar-refractivity contribution is 5.85. The molecule has 19 heavy (non-hydrogen) atoms. The van der Waals surface area contributed by atoms with Crippen molar-refractivity contribution in [3.63, 3.8) is 0 Å². The van der Waals surface area contributed by atoms with Crippen LogP contribution in [0, 0.1) is 0 Å². The summed E-state index contributed by atoms with van der Waals surface area (Å²) >= 11 is 0. The lowest BCUT2D eigenvalue weighted by Gasteiger charge is -2.03. The van der Waals surface area contributed by atoms with Crippen LogP contribution in [0.1, 0.15) is 0 Å². The van der Waals surface area contributed by atoms with Crippen molar-refractivity contribution < 1.29 is 13.7 Å². The predicted molar refractivity (Wildman–Crippen MR) is 70.6 cm³/mol. The van der Waals surface area contributed by atoms with Gasteiger partial charge in [-0.25, -0.2) is 0 Å². The van der Waals surface area contributed by atoms with E-state index in [1.807, 2.05) is 24.3 Å². The number of benzene rings is 1. The minimum absolute atomic E-state index is 0.330. The predicted octanol–water partition coefficient (Wildman–Crippen LogP) is 3.19. The molecule has 96 valence electrons. The summed E-state index contributed by atoms with van der Waals surface area (Å²) < 4.78 is 15.7. The summed E-state index contributed by atoms with van der Waals surface area (Å²) in [5.41, 5.74) is 7.49. The second-order valence-electron chi connectivity index (χ2n) is 3.98. The average Bonchev–Trinajstić information content (AvgIpc) is 3.08.